The number of phenols is 4. The minimum absolute atomic E-state index is 0.0718. The molecule has 0 amide bonds. The van der Waals surface area contributed by atoms with Gasteiger partial charge in [-0.05, 0) is 24.3 Å². The van der Waals surface area contributed by atoms with Gasteiger partial charge >= 0.3 is 0 Å². The smallest absolute Gasteiger partial charge is 0.167 e. The predicted octanol–water partition coefficient (Wildman–Crippen LogP) is 2.59. The normalized spacial score (nSPS) is 10.7. The lowest BCUT2D eigenvalue weighted by atomic mass is 10.1. The maximum atomic E-state index is 10.0. The number of benzene rings is 2. The van der Waals surface area contributed by atoms with Crippen LogP contribution in [0.4, 0.5) is 0 Å². The average Bonchev–Trinajstić information content (AvgIpc) is 2.54. The number of phenolic OH excluding ortho intramolecular Hbond substituents is 4. The van der Waals surface area contributed by atoms with Crippen LogP contribution >= 0.6 is 0 Å². The molecule has 0 fully saturated rings. The zero-order chi connectivity index (χ0) is 17.3. The zero-order valence-electron chi connectivity index (χ0n) is 12.8. The molecule has 0 bridgehead atoms. The summed E-state index contributed by atoms with van der Waals surface area (Å²) in [5.41, 5.74) is 0.675. The monoisotopic (exact) mass is 325 g/mol. The summed E-state index contributed by atoms with van der Waals surface area (Å²) >= 11 is 0. The summed E-state index contributed by atoms with van der Waals surface area (Å²) in [6.45, 7) is 1.87. The fourth-order valence-electron chi connectivity index (χ4n) is 2.24. The molecule has 0 unspecified atom stereocenters. The van der Waals surface area contributed by atoms with E-state index in [0.717, 1.165) is 0 Å². The van der Waals surface area contributed by atoms with E-state index in [0.29, 0.717) is 23.4 Å². The van der Waals surface area contributed by atoms with Gasteiger partial charge in [0, 0.05) is 18.6 Å². The highest BCUT2D eigenvalue weighted by molar-refractivity contribution is 5.69. The Morgan fingerprint density at radius 3 is 1.54 bits per heavy atom. The molecule has 122 valence electrons. The summed E-state index contributed by atoms with van der Waals surface area (Å²) in [5.74, 6) is 0.460. The van der Waals surface area contributed by atoms with Crippen molar-refractivity contribution >= 4 is 0 Å². The third kappa shape index (κ3) is 2.91. The van der Waals surface area contributed by atoms with E-state index in [9.17, 15) is 20.4 Å². The first-order chi connectivity index (χ1) is 11.5. The van der Waals surface area contributed by atoms with Crippen molar-refractivity contribution in [1.82, 2.24) is 15.0 Å². The van der Waals surface area contributed by atoms with Crippen molar-refractivity contribution in [3.05, 3.63) is 42.2 Å². The molecule has 0 saturated heterocycles. The van der Waals surface area contributed by atoms with Crippen molar-refractivity contribution in [2.75, 3.05) is 0 Å². The molecule has 7 nitrogen and oxygen atoms in total. The van der Waals surface area contributed by atoms with E-state index >= 15 is 0 Å². The van der Waals surface area contributed by atoms with Crippen molar-refractivity contribution in [3.8, 4) is 45.8 Å². The molecular formula is C17H15N3O4. The summed E-state index contributed by atoms with van der Waals surface area (Å²) < 4.78 is 0. The van der Waals surface area contributed by atoms with Crippen LogP contribution in [0.3, 0.4) is 0 Å². The molecule has 7 heteroatoms. The fourth-order valence-corrected chi connectivity index (χ4v) is 2.24. The summed E-state index contributed by atoms with van der Waals surface area (Å²) in [6.07, 6.45) is 0.528. The number of aryl methyl sites for hydroxylation is 1. The van der Waals surface area contributed by atoms with Crippen LogP contribution in [0, 0.1) is 0 Å². The molecule has 4 N–H and O–H groups in total. The van der Waals surface area contributed by atoms with E-state index < -0.39 is 0 Å². The van der Waals surface area contributed by atoms with Crippen LogP contribution < -0.4 is 0 Å². The second-order valence-electron chi connectivity index (χ2n) is 5.16. The Balaban J connectivity index is 2.18. The Morgan fingerprint density at radius 1 is 0.708 bits per heavy atom. The Bertz CT molecular complexity index is 843. The van der Waals surface area contributed by atoms with E-state index in [4.69, 9.17) is 0 Å². The van der Waals surface area contributed by atoms with Crippen LogP contribution in [-0.2, 0) is 6.42 Å². The molecule has 0 radical (unpaired) electrons. The summed E-state index contributed by atoms with van der Waals surface area (Å²) in [4.78, 5) is 12.9. The minimum atomic E-state index is -0.163. The van der Waals surface area contributed by atoms with Gasteiger partial charge in [-0.3, -0.25) is 0 Å². The second kappa shape index (κ2) is 6.04. The maximum Gasteiger partial charge on any atom is 0.167 e. The minimum Gasteiger partial charge on any atom is -0.508 e. The highest BCUT2D eigenvalue weighted by Gasteiger charge is 2.15. The van der Waals surface area contributed by atoms with Gasteiger partial charge < -0.3 is 20.4 Å². The lowest BCUT2D eigenvalue weighted by Crippen LogP contribution is -2.02. The van der Waals surface area contributed by atoms with Crippen LogP contribution in [0.2, 0.25) is 0 Å². The van der Waals surface area contributed by atoms with Crippen LogP contribution in [0.15, 0.2) is 36.4 Å². The largest absolute Gasteiger partial charge is 0.508 e. The number of nitrogens with zero attached hydrogens (tertiary/aromatic N) is 3. The molecule has 3 aromatic rings. The number of aromatic nitrogens is 3. The number of hydrogen-bond acceptors (Lipinski definition) is 7. The lowest BCUT2D eigenvalue weighted by Gasteiger charge is -2.09. The Hall–Kier alpha value is -3.35. The molecule has 1 heterocycles. The molecule has 0 aliphatic heterocycles. The molecule has 0 aliphatic carbocycles. The standard InChI is InChI=1S/C17H15N3O4/c1-2-15-18-16(11-5-3-9(21)7-13(11)23)20-17(19-15)12-6-4-10(22)8-14(12)24/h3-8,21-24H,2H2,1H3. The molecule has 3 rings (SSSR count). The van der Waals surface area contributed by atoms with Crippen molar-refractivity contribution in [3.63, 3.8) is 0 Å². The number of hydrogen-bond donors (Lipinski definition) is 4. The van der Waals surface area contributed by atoms with E-state index in [1.807, 2.05) is 6.92 Å². The third-order valence-corrected chi connectivity index (χ3v) is 3.44. The van der Waals surface area contributed by atoms with Gasteiger partial charge in [-0.15, -0.1) is 0 Å². The quantitative estimate of drug-likeness (QED) is 0.584. The highest BCUT2D eigenvalue weighted by Crippen LogP contribution is 2.33. The van der Waals surface area contributed by atoms with Crippen molar-refractivity contribution in [1.29, 1.82) is 0 Å². The van der Waals surface area contributed by atoms with Gasteiger partial charge in [0.1, 0.15) is 28.8 Å². The van der Waals surface area contributed by atoms with Crippen LogP contribution in [0.5, 0.6) is 23.0 Å². The molecule has 2 aromatic carbocycles. The molecule has 0 aliphatic rings. The van der Waals surface area contributed by atoms with E-state index in [2.05, 4.69) is 15.0 Å². The Kier molecular flexibility index (Phi) is 3.91. The Morgan fingerprint density at radius 2 is 1.17 bits per heavy atom. The molecule has 0 saturated carbocycles. The highest BCUT2D eigenvalue weighted by atomic mass is 16.3. The second-order valence-corrected chi connectivity index (χ2v) is 5.16. The fraction of sp³-hybridized carbons (Fsp3) is 0.118. The van der Waals surface area contributed by atoms with E-state index in [1.54, 1.807) is 0 Å². The first-order valence-corrected chi connectivity index (χ1v) is 7.27. The molecule has 0 spiro atoms. The first-order valence-electron chi connectivity index (χ1n) is 7.27. The topological polar surface area (TPSA) is 120 Å². The molecule has 24 heavy (non-hydrogen) atoms. The van der Waals surface area contributed by atoms with Gasteiger partial charge in [0.15, 0.2) is 11.6 Å². The SMILES string of the molecule is CCc1nc(-c2ccc(O)cc2O)nc(-c2ccc(O)cc2O)n1. The molecular weight excluding hydrogens is 310 g/mol. The van der Waals surface area contributed by atoms with Crippen molar-refractivity contribution in [2.45, 2.75) is 13.3 Å². The summed E-state index contributed by atoms with van der Waals surface area (Å²) in [5, 5.41) is 38.9. The average molecular weight is 325 g/mol. The number of rotatable bonds is 3. The zero-order valence-corrected chi connectivity index (χ0v) is 12.8. The van der Waals surface area contributed by atoms with Gasteiger partial charge in [0.05, 0.1) is 11.1 Å². The van der Waals surface area contributed by atoms with E-state index in [1.165, 1.54) is 36.4 Å². The van der Waals surface area contributed by atoms with Gasteiger partial charge in [-0.1, -0.05) is 6.92 Å². The number of aromatic hydroxyl groups is 4. The van der Waals surface area contributed by atoms with Crippen molar-refractivity contribution < 1.29 is 20.4 Å². The predicted molar refractivity (Wildman–Crippen MR) is 86.7 cm³/mol. The van der Waals surface area contributed by atoms with Crippen LogP contribution in [0.25, 0.3) is 22.8 Å². The van der Waals surface area contributed by atoms with Crippen LogP contribution in [-0.4, -0.2) is 35.4 Å². The maximum absolute atomic E-state index is 10.0. The van der Waals surface area contributed by atoms with Gasteiger partial charge in [-0.25, -0.2) is 15.0 Å². The third-order valence-electron chi connectivity index (χ3n) is 3.44. The van der Waals surface area contributed by atoms with Gasteiger partial charge in [0.2, 0.25) is 0 Å². The van der Waals surface area contributed by atoms with Crippen LogP contribution in [0.1, 0.15) is 12.7 Å². The Labute approximate surface area is 137 Å². The van der Waals surface area contributed by atoms with Crippen molar-refractivity contribution in [2.24, 2.45) is 0 Å². The molecule has 1 aromatic heterocycles. The summed E-state index contributed by atoms with van der Waals surface area (Å²) in [7, 11) is 0. The van der Waals surface area contributed by atoms with Gasteiger partial charge in [-0.2, -0.15) is 0 Å². The molecule has 0 atom stereocenters. The first kappa shape index (κ1) is 15.5. The summed E-state index contributed by atoms with van der Waals surface area (Å²) in [6, 6.07) is 8.23. The lowest BCUT2D eigenvalue weighted by molar-refractivity contribution is 0.451. The van der Waals surface area contributed by atoms with E-state index in [-0.39, 0.29) is 34.6 Å². The van der Waals surface area contributed by atoms with Gasteiger partial charge in [0.25, 0.3) is 0 Å².